The van der Waals surface area contributed by atoms with Gasteiger partial charge in [0.05, 0.1) is 5.56 Å². The fourth-order valence-corrected chi connectivity index (χ4v) is 1.01. The minimum atomic E-state index is -1.02. The van der Waals surface area contributed by atoms with E-state index in [2.05, 4.69) is 10.0 Å². The van der Waals surface area contributed by atoms with Gasteiger partial charge < -0.3 is 5.11 Å². The van der Waals surface area contributed by atoms with Crippen LogP contribution in [0, 0.1) is 6.92 Å². The zero-order chi connectivity index (χ0) is 9.84. The molecule has 0 aliphatic rings. The summed E-state index contributed by atoms with van der Waals surface area (Å²) >= 11 is 0. The van der Waals surface area contributed by atoms with E-state index in [0.717, 1.165) is 0 Å². The van der Waals surface area contributed by atoms with E-state index in [1.807, 2.05) is 0 Å². The van der Waals surface area contributed by atoms with Crippen LogP contribution in [0.4, 0.5) is 5.69 Å². The molecule has 0 heterocycles. The van der Waals surface area contributed by atoms with Crippen LogP contribution in [0.5, 0.6) is 0 Å². The molecule has 1 N–H and O–H groups in total. The molecule has 0 aliphatic carbocycles. The molecule has 66 valence electrons. The first kappa shape index (κ1) is 9.09. The number of rotatable bonds is 2. The van der Waals surface area contributed by atoms with E-state index in [1.165, 1.54) is 6.07 Å². The zero-order valence-electron chi connectivity index (χ0n) is 6.93. The first-order valence-electron chi connectivity index (χ1n) is 3.55. The number of carbonyl (C=O) groups is 1. The van der Waals surface area contributed by atoms with Crippen LogP contribution in [-0.4, -0.2) is 11.1 Å². The highest BCUT2D eigenvalue weighted by atomic mass is 16.4. The Hall–Kier alpha value is -2.00. The van der Waals surface area contributed by atoms with Gasteiger partial charge >= 0.3 is 5.97 Å². The third kappa shape index (κ3) is 1.77. The molecule has 5 heteroatoms. The van der Waals surface area contributed by atoms with Crippen molar-refractivity contribution in [3.05, 3.63) is 39.8 Å². The maximum absolute atomic E-state index is 10.6. The topological polar surface area (TPSA) is 86.1 Å². The van der Waals surface area contributed by atoms with Gasteiger partial charge in [0.1, 0.15) is 0 Å². The van der Waals surface area contributed by atoms with Crippen LogP contribution in [0.2, 0.25) is 0 Å². The molecule has 0 spiro atoms. The monoisotopic (exact) mass is 177 g/mol. The number of nitrogens with zero attached hydrogens (tertiary/aromatic N) is 3. The van der Waals surface area contributed by atoms with Gasteiger partial charge in [0, 0.05) is 10.6 Å². The lowest BCUT2D eigenvalue weighted by Gasteiger charge is -2.02. The lowest BCUT2D eigenvalue weighted by Crippen LogP contribution is -1.98. The Bertz CT molecular complexity index is 374. The summed E-state index contributed by atoms with van der Waals surface area (Å²) in [7, 11) is 0. The second-order valence-corrected chi connectivity index (χ2v) is 2.44. The summed E-state index contributed by atoms with van der Waals surface area (Å²) < 4.78 is 0. The van der Waals surface area contributed by atoms with Crippen molar-refractivity contribution < 1.29 is 9.90 Å². The number of azide groups is 1. The molecule has 0 fully saturated rings. The molecule has 0 amide bonds. The standard InChI is InChI=1S/C8H7N3O2/c1-5-6(8(12)13)3-2-4-7(5)10-11-9/h2-4H,1H3,(H,12,13). The summed E-state index contributed by atoms with van der Waals surface area (Å²) in [6, 6.07) is 4.58. The van der Waals surface area contributed by atoms with Crippen LogP contribution in [0.15, 0.2) is 23.3 Å². The van der Waals surface area contributed by atoms with Crippen molar-refractivity contribution >= 4 is 11.7 Å². The zero-order valence-corrected chi connectivity index (χ0v) is 6.93. The summed E-state index contributed by atoms with van der Waals surface area (Å²) in [5.41, 5.74) is 9.17. The summed E-state index contributed by atoms with van der Waals surface area (Å²) in [6.07, 6.45) is 0. The van der Waals surface area contributed by atoms with Crippen molar-refractivity contribution in [1.29, 1.82) is 0 Å². The van der Waals surface area contributed by atoms with Crippen molar-refractivity contribution in [1.82, 2.24) is 0 Å². The SMILES string of the molecule is Cc1c(N=[N+]=[N-])cccc1C(=O)O. The van der Waals surface area contributed by atoms with E-state index >= 15 is 0 Å². The number of hydrogen-bond acceptors (Lipinski definition) is 2. The average Bonchev–Trinajstić information content (AvgIpc) is 2.08. The summed E-state index contributed by atoms with van der Waals surface area (Å²) in [5.74, 6) is -1.02. The summed E-state index contributed by atoms with van der Waals surface area (Å²) in [4.78, 5) is 13.2. The van der Waals surface area contributed by atoms with Crippen LogP contribution in [-0.2, 0) is 0 Å². The van der Waals surface area contributed by atoms with Crippen LogP contribution < -0.4 is 0 Å². The van der Waals surface area contributed by atoms with Crippen LogP contribution in [0.1, 0.15) is 15.9 Å². The largest absolute Gasteiger partial charge is 0.478 e. The van der Waals surface area contributed by atoms with Gasteiger partial charge in [0.25, 0.3) is 0 Å². The predicted octanol–water partition coefficient (Wildman–Crippen LogP) is 2.64. The predicted molar refractivity (Wildman–Crippen MR) is 46.9 cm³/mol. The third-order valence-electron chi connectivity index (χ3n) is 1.69. The smallest absolute Gasteiger partial charge is 0.335 e. The van der Waals surface area contributed by atoms with E-state index in [4.69, 9.17) is 10.6 Å². The number of hydrogen-bond donors (Lipinski definition) is 1. The molecule has 5 nitrogen and oxygen atoms in total. The molecule has 1 rings (SSSR count). The maximum atomic E-state index is 10.6. The van der Waals surface area contributed by atoms with Gasteiger partial charge in [-0.3, -0.25) is 0 Å². The molecular formula is C8H7N3O2. The van der Waals surface area contributed by atoms with Crippen molar-refractivity contribution in [3.8, 4) is 0 Å². The number of carboxylic acid groups (broad SMARTS) is 1. The number of carboxylic acids is 1. The van der Waals surface area contributed by atoms with E-state index in [0.29, 0.717) is 11.3 Å². The lowest BCUT2D eigenvalue weighted by molar-refractivity contribution is 0.0696. The third-order valence-corrected chi connectivity index (χ3v) is 1.69. The van der Waals surface area contributed by atoms with E-state index in [1.54, 1.807) is 19.1 Å². The van der Waals surface area contributed by atoms with Gasteiger partial charge in [-0.05, 0) is 24.1 Å². The van der Waals surface area contributed by atoms with E-state index in [-0.39, 0.29) is 5.56 Å². The Balaban J connectivity index is 3.34. The van der Waals surface area contributed by atoms with Crippen LogP contribution >= 0.6 is 0 Å². The van der Waals surface area contributed by atoms with Gasteiger partial charge in [-0.2, -0.15) is 0 Å². The molecule has 1 aromatic carbocycles. The van der Waals surface area contributed by atoms with Crippen molar-refractivity contribution in [2.45, 2.75) is 6.92 Å². The Morgan fingerprint density at radius 2 is 2.31 bits per heavy atom. The molecular weight excluding hydrogens is 170 g/mol. The molecule has 0 bridgehead atoms. The molecule has 0 unspecified atom stereocenters. The highest BCUT2D eigenvalue weighted by molar-refractivity contribution is 5.90. The summed E-state index contributed by atoms with van der Waals surface area (Å²) in [6.45, 7) is 1.60. The quantitative estimate of drug-likeness (QED) is 0.427. The van der Waals surface area contributed by atoms with Gasteiger partial charge in [0.2, 0.25) is 0 Å². The van der Waals surface area contributed by atoms with Gasteiger partial charge in [-0.25, -0.2) is 4.79 Å². The molecule has 0 aliphatic heterocycles. The minimum absolute atomic E-state index is 0.157. The molecule has 1 aromatic rings. The molecule has 0 radical (unpaired) electrons. The number of aromatic carboxylic acids is 1. The maximum Gasteiger partial charge on any atom is 0.335 e. The first-order valence-corrected chi connectivity index (χ1v) is 3.55. The van der Waals surface area contributed by atoms with Gasteiger partial charge in [-0.15, -0.1) is 0 Å². The highest BCUT2D eigenvalue weighted by Crippen LogP contribution is 2.21. The molecule has 13 heavy (non-hydrogen) atoms. The van der Waals surface area contributed by atoms with Gasteiger partial charge in [0.15, 0.2) is 0 Å². The molecule has 0 aromatic heterocycles. The van der Waals surface area contributed by atoms with Crippen molar-refractivity contribution in [2.24, 2.45) is 5.11 Å². The van der Waals surface area contributed by atoms with Crippen LogP contribution in [0.25, 0.3) is 10.4 Å². The Morgan fingerprint density at radius 3 is 2.85 bits per heavy atom. The normalized spacial score (nSPS) is 9.00. The van der Waals surface area contributed by atoms with Crippen LogP contribution in [0.3, 0.4) is 0 Å². The highest BCUT2D eigenvalue weighted by Gasteiger charge is 2.08. The Kier molecular flexibility index (Phi) is 2.52. The van der Waals surface area contributed by atoms with E-state index < -0.39 is 5.97 Å². The number of benzene rings is 1. The second kappa shape index (κ2) is 3.60. The van der Waals surface area contributed by atoms with Gasteiger partial charge in [-0.1, -0.05) is 17.2 Å². The fraction of sp³-hybridized carbons (Fsp3) is 0.125. The molecule has 0 saturated carbocycles. The lowest BCUT2D eigenvalue weighted by atomic mass is 10.1. The van der Waals surface area contributed by atoms with Crippen molar-refractivity contribution in [2.75, 3.05) is 0 Å². The Morgan fingerprint density at radius 1 is 1.62 bits per heavy atom. The second-order valence-electron chi connectivity index (χ2n) is 2.44. The van der Waals surface area contributed by atoms with E-state index in [9.17, 15) is 4.79 Å². The molecule has 0 saturated heterocycles. The van der Waals surface area contributed by atoms with Crippen molar-refractivity contribution in [3.63, 3.8) is 0 Å². The fourth-order valence-electron chi connectivity index (χ4n) is 1.01. The first-order chi connectivity index (χ1) is 6.16. The summed E-state index contributed by atoms with van der Waals surface area (Å²) in [5, 5.41) is 12.1. The Labute approximate surface area is 74.3 Å². The molecule has 0 atom stereocenters. The average molecular weight is 177 g/mol. The minimum Gasteiger partial charge on any atom is -0.478 e.